The van der Waals surface area contributed by atoms with Gasteiger partial charge in [-0.3, -0.25) is 4.79 Å². The SMILES string of the molecule is COc1ccc2[nH]cc(/C=N/NC(=O)CCCc3cn(C)c4ccccc34)c2c1. The van der Waals surface area contributed by atoms with Gasteiger partial charge in [-0.15, -0.1) is 0 Å². The van der Waals surface area contributed by atoms with Crippen molar-refractivity contribution in [3.63, 3.8) is 0 Å². The second kappa shape index (κ2) is 8.22. The van der Waals surface area contributed by atoms with E-state index in [-0.39, 0.29) is 5.91 Å². The number of para-hydroxylation sites is 1. The van der Waals surface area contributed by atoms with Crippen molar-refractivity contribution in [2.45, 2.75) is 19.3 Å². The monoisotopic (exact) mass is 388 g/mol. The summed E-state index contributed by atoms with van der Waals surface area (Å²) < 4.78 is 7.40. The molecule has 0 atom stereocenters. The van der Waals surface area contributed by atoms with E-state index in [2.05, 4.69) is 38.4 Å². The molecule has 2 aromatic carbocycles. The van der Waals surface area contributed by atoms with Crippen LogP contribution in [0.25, 0.3) is 21.8 Å². The molecule has 0 spiro atoms. The molecule has 0 aliphatic rings. The van der Waals surface area contributed by atoms with Crippen LogP contribution in [0.3, 0.4) is 0 Å². The number of rotatable bonds is 7. The highest BCUT2D eigenvalue weighted by Gasteiger charge is 2.07. The van der Waals surface area contributed by atoms with Crippen molar-refractivity contribution in [3.8, 4) is 5.75 Å². The minimum Gasteiger partial charge on any atom is -0.497 e. The number of hydrazone groups is 1. The predicted octanol–water partition coefficient (Wildman–Crippen LogP) is 4.14. The quantitative estimate of drug-likeness (QED) is 0.369. The molecule has 2 N–H and O–H groups in total. The van der Waals surface area contributed by atoms with Crippen molar-refractivity contribution in [2.75, 3.05) is 7.11 Å². The lowest BCUT2D eigenvalue weighted by atomic mass is 10.1. The Kier molecular flexibility index (Phi) is 5.33. The molecule has 2 heterocycles. The number of hydrogen-bond acceptors (Lipinski definition) is 3. The van der Waals surface area contributed by atoms with Crippen molar-refractivity contribution in [2.24, 2.45) is 12.1 Å². The van der Waals surface area contributed by atoms with Gasteiger partial charge in [-0.2, -0.15) is 5.10 Å². The first-order valence-corrected chi connectivity index (χ1v) is 9.65. The first-order valence-electron chi connectivity index (χ1n) is 9.65. The van der Waals surface area contributed by atoms with Gasteiger partial charge in [0.25, 0.3) is 0 Å². The minimum absolute atomic E-state index is 0.0843. The molecule has 0 saturated heterocycles. The Bertz CT molecular complexity index is 1190. The number of aromatic amines is 1. The predicted molar refractivity (Wildman–Crippen MR) is 116 cm³/mol. The van der Waals surface area contributed by atoms with Crippen molar-refractivity contribution >= 4 is 33.9 Å². The fourth-order valence-electron chi connectivity index (χ4n) is 3.65. The molecule has 0 aliphatic carbocycles. The molecule has 4 rings (SSSR count). The van der Waals surface area contributed by atoms with Gasteiger partial charge < -0.3 is 14.3 Å². The Morgan fingerprint density at radius 1 is 1.24 bits per heavy atom. The van der Waals surface area contributed by atoms with Gasteiger partial charge in [0, 0.05) is 53.2 Å². The molecule has 148 valence electrons. The van der Waals surface area contributed by atoms with E-state index in [0.29, 0.717) is 6.42 Å². The summed E-state index contributed by atoms with van der Waals surface area (Å²) in [6, 6.07) is 14.1. The first-order chi connectivity index (χ1) is 14.2. The second-order valence-corrected chi connectivity index (χ2v) is 7.08. The zero-order chi connectivity index (χ0) is 20.2. The smallest absolute Gasteiger partial charge is 0.240 e. The van der Waals surface area contributed by atoms with Gasteiger partial charge in [-0.25, -0.2) is 5.43 Å². The molecule has 0 saturated carbocycles. The average molecular weight is 388 g/mol. The largest absolute Gasteiger partial charge is 0.497 e. The summed E-state index contributed by atoms with van der Waals surface area (Å²) in [5.41, 5.74) is 7.00. The van der Waals surface area contributed by atoms with Gasteiger partial charge in [0.15, 0.2) is 0 Å². The second-order valence-electron chi connectivity index (χ2n) is 7.08. The van der Waals surface area contributed by atoms with Crippen molar-refractivity contribution in [1.82, 2.24) is 15.0 Å². The van der Waals surface area contributed by atoms with Crippen LogP contribution < -0.4 is 10.2 Å². The lowest BCUT2D eigenvalue weighted by Gasteiger charge is -2.01. The number of nitrogens with one attached hydrogen (secondary N) is 2. The van der Waals surface area contributed by atoms with Crippen LogP contribution in [0.15, 0.2) is 60.0 Å². The summed E-state index contributed by atoms with van der Waals surface area (Å²) in [4.78, 5) is 15.3. The van der Waals surface area contributed by atoms with Crippen LogP contribution in [0.1, 0.15) is 24.0 Å². The van der Waals surface area contributed by atoms with E-state index < -0.39 is 0 Å². The number of methoxy groups -OCH3 is 1. The zero-order valence-electron chi connectivity index (χ0n) is 16.6. The molecule has 0 unspecified atom stereocenters. The van der Waals surface area contributed by atoms with E-state index in [1.165, 1.54) is 16.5 Å². The van der Waals surface area contributed by atoms with Crippen LogP contribution in [-0.2, 0) is 18.3 Å². The number of aromatic nitrogens is 2. The summed E-state index contributed by atoms with van der Waals surface area (Å²) >= 11 is 0. The molecule has 6 heteroatoms. The van der Waals surface area contributed by atoms with Gasteiger partial charge in [0.1, 0.15) is 5.75 Å². The van der Waals surface area contributed by atoms with Crippen LogP contribution in [-0.4, -0.2) is 28.8 Å². The van der Waals surface area contributed by atoms with Gasteiger partial charge in [0.2, 0.25) is 5.91 Å². The lowest BCUT2D eigenvalue weighted by molar-refractivity contribution is -0.121. The van der Waals surface area contributed by atoms with Crippen LogP contribution in [0, 0.1) is 0 Å². The molecule has 6 nitrogen and oxygen atoms in total. The number of H-pyrrole nitrogens is 1. The van der Waals surface area contributed by atoms with Crippen LogP contribution in [0.4, 0.5) is 0 Å². The van der Waals surface area contributed by atoms with Gasteiger partial charge in [0.05, 0.1) is 13.3 Å². The maximum atomic E-state index is 12.1. The summed E-state index contributed by atoms with van der Waals surface area (Å²) in [6.07, 6.45) is 7.73. The summed E-state index contributed by atoms with van der Waals surface area (Å²) in [5.74, 6) is 0.697. The Hall–Kier alpha value is -3.54. The van der Waals surface area contributed by atoms with E-state index in [1.807, 2.05) is 43.6 Å². The molecular weight excluding hydrogens is 364 g/mol. The number of hydrogen-bond donors (Lipinski definition) is 2. The van der Waals surface area contributed by atoms with E-state index in [0.717, 1.165) is 35.1 Å². The maximum absolute atomic E-state index is 12.1. The average Bonchev–Trinajstić information content (AvgIpc) is 3.29. The van der Waals surface area contributed by atoms with Crippen LogP contribution >= 0.6 is 0 Å². The van der Waals surface area contributed by atoms with E-state index in [1.54, 1.807) is 13.3 Å². The van der Waals surface area contributed by atoms with Crippen molar-refractivity contribution in [3.05, 3.63) is 66.0 Å². The summed E-state index contributed by atoms with van der Waals surface area (Å²) in [5, 5.41) is 6.36. The van der Waals surface area contributed by atoms with Crippen molar-refractivity contribution < 1.29 is 9.53 Å². The lowest BCUT2D eigenvalue weighted by Crippen LogP contribution is -2.17. The normalized spacial score (nSPS) is 11.5. The van der Waals surface area contributed by atoms with E-state index in [4.69, 9.17) is 4.74 Å². The topological polar surface area (TPSA) is 71.4 Å². The Morgan fingerprint density at radius 3 is 2.97 bits per heavy atom. The maximum Gasteiger partial charge on any atom is 0.240 e. The highest BCUT2D eigenvalue weighted by atomic mass is 16.5. The number of fused-ring (bicyclic) bond motifs is 2. The highest BCUT2D eigenvalue weighted by Crippen LogP contribution is 2.23. The molecule has 29 heavy (non-hydrogen) atoms. The standard InChI is InChI=1S/C23H24N4O2/c1-27-15-16(19-7-3-4-8-22(19)27)6-5-9-23(28)26-25-14-17-13-24-21-11-10-18(29-2)12-20(17)21/h3-4,7-8,10-15,24H,5-6,9H2,1-2H3,(H,26,28)/b25-14+. The Labute approximate surface area is 169 Å². The molecule has 0 fully saturated rings. The molecule has 4 aromatic rings. The summed E-state index contributed by atoms with van der Waals surface area (Å²) in [6.45, 7) is 0. The summed E-state index contributed by atoms with van der Waals surface area (Å²) in [7, 11) is 3.69. The molecule has 0 bridgehead atoms. The third kappa shape index (κ3) is 4.01. The Morgan fingerprint density at radius 2 is 2.10 bits per heavy atom. The van der Waals surface area contributed by atoms with E-state index >= 15 is 0 Å². The van der Waals surface area contributed by atoms with Crippen molar-refractivity contribution in [1.29, 1.82) is 0 Å². The van der Waals surface area contributed by atoms with Crippen LogP contribution in [0.5, 0.6) is 5.75 Å². The molecule has 1 amide bonds. The Balaban J connectivity index is 1.32. The number of ether oxygens (including phenoxy) is 1. The van der Waals surface area contributed by atoms with Gasteiger partial charge in [-0.05, 0) is 42.7 Å². The fourth-order valence-corrected chi connectivity index (χ4v) is 3.65. The number of carbonyl (C=O) groups is 1. The number of benzene rings is 2. The number of carbonyl (C=O) groups excluding carboxylic acids is 1. The van der Waals surface area contributed by atoms with Crippen LogP contribution in [0.2, 0.25) is 0 Å². The number of amides is 1. The molecule has 0 aliphatic heterocycles. The van der Waals surface area contributed by atoms with Gasteiger partial charge in [-0.1, -0.05) is 18.2 Å². The zero-order valence-corrected chi connectivity index (χ0v) is 16.6. The highest BCUT2D eigenvalue weighted by molar-refractivity contribution is 5.99. The van der Waals surface area contributed by atoms with E-state index in [9.17, 15) is 4.79 Å². The number of aryl methyl sites for hydroxylation is 2. The molecular formula is C23H24N4O2. The third-order valence-corrected chi connectivity index (χ3v) is 5.14. The number of nitrogens with zero attached hydrogens (tertiary/aromatic N) is 2. The third-order valence-electron chi connectivity index (χ3n) is 5.14. The fraction of sp³-hybridized carbons (Fsp3) is 0.217. The molecule has 2 aromatic heterocycles. The van der Waals surface area contributed by atoms with Gasteiger partial charge >= 0.3 is 0 Å². The minimum atomic E-state index is -0.0843. The first kappa shape index (κ1) is 18.8. The molecule has 0 radical (unpaired) electrons.